The smallest absolute Gasteiger partial charge is 0.277 e. The SMILES string of the molecule is Cc1ccc(N(Cc2ccco2)C(=O)c2ccc3ccccc3n2)cc1. The number of nitrogens with zero attached hydrogens (tertiary/aromatic N) is 2. The molecule has 0 fully saturated rings. The van der Waals surface area contributed by atoms with Crippen molar-refractivity contribution in [1.82, 2.24) is 4.98 Å². The molecule has 0 unspecified atom stereocenters. The highest BCUT2D eigenvalue weighted by molar-refractivity contribution is 6.05. The second kappa shape index (κ2) is 6.84. The molecule has 128 valence electrons. The maximum absolute atomic E-state index is 13.2. The second-order valence-corrected chi connectivity index (χ2v) is 6.20. The molecule has 0 saturated carbocycles. The molecular weight excluding hydrogens is 324 g/mol. The quantitative estimate of drug-likeness (QED) is 0.525. The molecule has 2 aromatic heterocycles. The highest BCUT2D eigenvalue weighted by Crippen LogP contribution is 2.22. The van der Waals surface area contributed by atoms with Crippen LogP contribution in [0.3, 0.4) is 0 Å². The fourth-order valence-corrected chi connectivity index (χ4v) is 2.89. The van der Waals surface area contributed by atoms with Gasteiger partial charge in [-0.1, -0.05) is 42.0 Å². The zero-order valence-electron chi connectivity index (χ0n) is 14.4. The van der Waals surface area contributed by atoms with E-state index in [1.54, 1.807) is 17.2 Å². The molecule has 4 heteroatoms. The molecule has 1 amide bonds. The number of para-hydroxylation sites is 1. The number of hydrogen-bond donors (Lipinski definition) is 0. The molecule has 0 aliphatic rings. The zero-order valence-corrected chi connectivity index (χ0v) is 14.4. The minimum absolute atomic E-state index is 0.156. The molecule has 0 saturated heterocycles. The Labute approximate surface area is 151 Å². The van der Waals surface area contributed by atoms with Crippen LogP contribution in [0.1, 0.15) is 21.8 Å². The van der Waals surface area contributed by atoms with E-state index in [1.165, 1.54) is 0 Å². The number of carbonyl (C=O) groups is 1. The standard InChI is InChI=1S/C22H18N2O2/c1-16-8-11-18(12-9-16)24(15-19-6-4-14-26-19)22(25)21-13-10-17-5-2-3-7-20(17)23-21/h2-14H,15H2,1H3. The van der Waals surface area contributed by atoms with Crippen LogP contribution in [-0.4, -0.2) is 10.9 Å². The summed E-state index contributed by atoms with van der Waals surface area (Å²) in [7, 11) is 0. The molecule has 4 rings (SSSR count). The monoisotopic (exact) mass is 342 g/mol. The van der Waals surface area contributed by atoms with E-state index in [9.17, 15) is 4.79 Å². The summed E-state index contributed by atoms with van der Waals surface area (Å²) in [5.41, 5.74) is 3.17. The molecule has 0 spiro atoms. The van der Waals surface area contributed by atoms with Crippen molar-refractivity contribution in [1.29, 1.82) is 0 Å². The van der Waals surface area contributed by atoms with Gasteiger partial charge in [0.1, 0.15) is 11.5 Å². The van der Waals surface area contributed by atoms with Gasteiger partial charge in [-0.25, -0.2) is 4.98 Å². The van der Waals surface area contributed by atoms with Crippen LogP contribution in [0.15, 0.2) is 83.5 Å². The number of benzene rings is 2. The van der Waals surface area contributed by atoms with E-state index in [-0.39, 0.29) is 5.91 Å². The first-order chi connectivity index (χ1) is 12.7. The van der Waals surface area contributed by atoms with E-state index in [1.807, 2.05) is 73.7 Å². The van der Waals surface area contributed by atoms with Gasteiger partial charge in [-0.2, -0.15) is 0 Å². The Hall–Kier alpha value is -3.40. The van der Waals surface area contributed by atoms with Gasteiger partial charge < -0.3 is 4.42 Å². The van der Waals surface area contributed by atoms with E-state index in [4.69, 9.17) is 4.42 Å². The molecule has 0 N–H and O–H groups in total. The third-order valence-electron chi connectivity index (χ3n) is 4.30. The van der Waals surface area contributed by atoms with Gasteiger partial charge >= 0.3 is 0 Å². The topological polar surface area (TPSA) is 46.3 Å². The van der Waals surface area contributed by atoms with Crippen LogP contribution in [0.4, 0.5) is 5.69 Å². The lowest BCUT2D eigenvalue weighted by atomic mass is 10.1. The van der Waals surface area contributed by atoms with Gasteiger partial charge in [-0.05, 0) is 43.3 Å². The molecule has 0 bridgehead atoms. The van der Waals surface area contributed by atoms with Crippen molar-refractivity contribution in [2.24, 2.45) is 0 Å². The summed E-state index contributed by atoms with van der Waals surface area (Å²) in [6.07, 6.45) is 1.61. The Morgan fingerprint density at radius 2 is 1.77 bits per heavy atom. The van der Waals surface area contributed by atoms with E-state index in [2.05, 4.69) is 4.98 Å². The molecule has 26 heavy (non-hydrogen) atoms. The summed E-state index contributed by atoms with van der Waals surface area (Å²) in [6.45, 7) is 2.37. The first kappa shape index (κ1) is 16.1. The van der Waals surface area contributed by atoms with Gasteiger partial charge in [0, 0.05) is 11.1 Å². The van der Waals surface area contributed by atoms with Gasteiger partial charge in [0.15, 0.2) is 0 Å². The van der Waals surface area contributed by atoms with E-state index < -0.39 is 0 Å². The van der Waals surface area contributed by atoms with Crippen molar-refractivity contribution >= 4 is 22.5 Å². The number of furan rings is 1. The summed E-state index contributed by atoms with van der Waals surface area (Å²) in [5, 5.41) is 1.01. The molecule has 2 heterocycles. The molecular formula is C22H18N2O2. The van der Waals surface area contributed by atoms with Crippen molar-refractivity contribution in [2.45, 2.75) is 13.5 Å². The summed E-state index contributed by atoms with van der Waals surface area (Å²) in [4.78, 5) is 19.5. The van der Waals surface area contributed by atoms with Gasteiger partial charge in [0.2, 0.25) is 0 Å². The fourth-order valence-electron chi connectivity index (χ4n) is 2.89. The zero-order chi connectivity index (χ0) is 17.9. The van der Waals surface area contributed by atoms with Crippen LogP contribution in [0.25, 0.3) is 10.9 Å². The van der Waals surface area contributed by atoms with E-state index in [0.29, 0.717) is 12.2 Å². The predicted octanol–water partition coefficient (Wildman–Crippen LogP) is 4.98. The number of pyridine rings is 1. The number of amides is 1. The largest absolute Gasteiger partial charge is 0.467 e. The Balaban J connectivity index is 1.73. The first-order valence-electron chi connectivity index (χ1n) is 8.47. The molecule has 0 radical (unpaired) electrons. The fraction of sp³-hybridized carbons (Fsp3) is 0.0909. The highest BCUT2D eigenvalue weighted by Gasteiger charge is 2.20. The summed E-state index contributed by atoms with van der Waals surface area (Å²) in [5.74, 6) is 0.565. The second-order valence-electron chi connectivity index (χ2n) is 6.20. The van der Waals surface area contributed by atoms with Gasteiger partial charge in [-0.15, -0.1) is 0 Å². The third kappa shape index (κ3) is 3.22. The highest BCUT2D eigenvalue weighted by atomic mass is 16.3. The lowest BCUT2D eigenvalue weighted by Gasteiger charge is -2.22. The van der Waals surface area contributed by atoms with Crippen molar-refractivity contribution < 1.29 is 9.21 Å². The third-order valence-corrected chi connectivity index (χ3v) is 4.30. The number of rotatable bonds is 4. The van der Waals surface area contributed by atoms with E-state index >= 15 is 0 Å². The number of hydrogen-bond acceptors (Lipinski definition) is 3. The number of carbonyl (C=O) groups excluding carboxylic acids is 1. The number of aromatic nitrogens is 1. The molecule has 0 atom stereocenters. The Bertz CT molecular complexity index is 1040. The maximum Gasteiger partial charge on any atom is 0.277 e. The van der Waals surface area contributed by atoms with Crippen molar-refractivity contribution in [3.8, 4) is 0 Å². The van der Waals surface area contributed by atoms with Gasteiger partial charge in [0.05, 0.1) is 18.3 Å². The first-order valence-corrected chi connectivity index (χ1v) is 8.47. The van der Waals surface area contributed by atoms with Crippen molar-refractivity contribution in [3.63, 3.8) is 0 Å². The minimum Gasteiger partial charge on any atom is -0.467 e. The van der Waals surface area contributed by atoms with Gasteiger partial charge in [0.25, 0.3) is 5.91 Å². The average molecular weight is 342 g/mol. The Kier molecular flexibility index (Phi) is 4.23. The number of aryl methyl sites for hydroxylation is 1. The number of anilines is 1. The molecule has 4 aromatic rings. The van der Waals surface area contributed by atoms with Crippen LogP contribution in [0.5, 0.6) is 0 Å². The van der Waals surface area contributed by atoms with Gasteiger partial charge in [-0.3, -0.25) is 9.69 Å². The van der Waals surface area contributed by atoms with Crippen LogP contribution >= 0.6 is 0 Å². The maximum atomic E-state index is 13.2. The molecule has 0 aliphatic carbocycles. The summed E-state index contributed by atoms with van der Waals surface area (Å²) < 4.78 is 5.45. The normalized spacial score (nSPS) is 10.8. The van der Waals surface area contributed by atoms with Crippen LogP contribution in [-0.2, 0) is 6.54 Å². The van der Waals surface area contributed by atoms with Crippen LogP contribution < -0.4 is 4.90 Å². The summed E-state index contributed by atoms with van der Waals surface area (Å²) >= 11 is 0. The van der Waals surface area contributed by atoms with Crippen molar-refractivity contribution in [3.05, 3.63) is 96.1 Å². The Morgan fingerprint density at radius 3 is 2.54 bits per heavy atom. The van der Waals surface area contributed by atoms with Crippen molar-refractivity contribution in [2.75, 3.05) is 4.90 Å². The predicted molar refractivity (Wildman–Crippen MR) is 102 cm³/mol. The van der Waals surface area contributed by atoms with Crippen LogP contribution in [0, 0.1) is 6.92 Å². The molecule has 2 aromatic carbocycles. The Morgan fingerprint density at radius 1 is 0.962 bits per heavy atom. The molecule has 0 aliphatic heterocycles. The van der Waals surface area contributed by atoms with Crippen LogP contribution in [0.2, 0.25) is 0 Å². The average Bonchev–Trinajstić information content (AvgIpc) is 3.19. The van der Waals surface area contributed by atoms with E-state index in [0.717, 1.165) is 27.9 Å². The lowest BCUT2D eigenvalue weighted by Crippen LogP contribution is -2.31. The summed E-state index contributed by atoms with van der Waals surface area (Å²) in [6, 6.07) is 23.0. The number of fused-ring (bicyclic) bond motifs is 1. The lowest BCUT2D eigenvalue weighted by molar-refractivity contribution is 0.0979. The minimum atomic E-state index is -0.156. The molecule has 4 nitrogen and oxygen atoms in total.